The van der Waals surface area contributed by atoms with Crippen LogP contribution in [-0.4, -0.2) is 27.9 Å². The van der Waals surface area contributed by atoms with E-state index in [2.05, 4.69) is 0 Å². The first-order valence-corrected chi connectivity index (χ1v) is 2.02. The highest BCUT2D eigenvalue weighted by molar-refractivity contribution is 6.35. The molecule has 0 aliphatic rings. The molecule has 0 bridgehead atoms. The van der Waals surface area contributed by atoms with Crippen LogP contribution in [0.1, 0.15) is 6.42 Å². The highest BCUT2D eigenvalue weighted by Gasteiger charge is 2.14. The van der Waals surface area contributed by atoms with Crippen molar-refractivity contribution in [3.63, 3.8) is 0 Å². The number of aliphatic carboxylic acids is 2. The highest BCUT2D eigenvalue weighted by atomic mass is 16.5. The van der Waals surface area contributed by atoms with E-state index < -0.39 is 24.1 Å². The second-order valence-electron chi connectivity index (χ2n) is 1.30. The molecule has 0 radical (unpaired) electrons. The van der Waals surface area contributed by atoms with Crippen LogP contribution in [0.2, 0.25) is 0 Å². The number of hydrogen-bond acceptors (Lipinski definition) is 3. The lowest BCUT2D eigenvalue weighted by Gasteiger charge is -1.85. The summed E-state index contributed by atoms with van der Waals surface area (Å²) < 4.78 is 0. The van der Waals surface area contributed by atoms with Crippen molar-refractivity contribution in [3.8, 4) is 0 Å². The van der Waals surface area contributed by atoms with Crippen molar-refractivity contribution in [2.24, 2.45) is 0 Å². The molecular formula is C4H4O5. The smallest absolute Gasteiger partial charge is 0.372 e. The van der Waals surface area contributed by atoms with Gasteiger partial charge in [0.15, 0.2) is 0 Å². The molecule has 2 N–H and O–H groups in total. The van der Waals surface area contributed by atoms with Crippen molar-refractivity contribution in [2.45, 2.75) is 6.42 Å². The number of hydrogen-bond donors (Lipinski definition) is 2. The standard InChI is InChI=1S/C4H4O5/c5-2(4(8)9)1-3(6)7/h1H2,(H,6,7)(H,8,9)/i1+1,2+1,3+1,4+1. The van der Waals surface area contributed by atoms with E-state index in [1.165, 1.54) is 0 Å². The molecule has 0 aromatic carbocycles. The fraction of sp³-hybridized carbons (Fsp3) is 0.250. The van der Waals surface area contributed by atoms with Gasteiger partial charge in [0.25, 0.3) is 5.78 Å². The molecule has 0 heterocycles. The lowest BCUT2D eigenvalue weighted by atomic mass is 11.3. The molecule has 0 aliphatic heterocycles. The van der Waals surface area contributed by atoms with E-state index in [1.54, 1.807) is 0 Å². The second-order valence-corrected chi connectivity index (χ2v) is 1.30. The summed E-state index contributed by atoms with van der Waals surface area (Å²) in [6.07, 6.45) is -0.949. The molecule has 0 saturated carbocycles. The summed E-state index contributed by atoms with van der Waals surface area (Å²) in [5.41, 5.74) is 0. The summed E-state index contributed by atoms with van der Waals surface area (Å²) in [5, 5.41) is 15.7. The van der Waals surface area contributed by atoms with Gasteiger partial charge < -0.3 is 10.2 Å². The van der Waals surface area contributed by atoms with E-state index >= 15 is 0 Å². The summed E-state index contributed by atoms with van der Waals surface area (Å²) in [5.74, 6) is -4.44. The van der Waals surface area contributed by atoms with Gasteiger partial charge in [-0.1, -0.05) is 0 Å². The number of carbonyl (C=O) groups excluding carboxylic acids is 1. The van der Waals surface area contributed by atoms with Crippen molar-refractivity contribution < 1.29 is 24.6 Å². The zero-order valence-corrected chi connectivity index (χ0v) is 4.33. The maximum atomic E-state index is 9.97. The minimum atomic E-state index is -1.71. The number of ketones is 1. The molecule has 0 aromatic rings. The van der Waals surface area contributed by atoms with E-state index in [-0.39, 0.29) is 0 Å². The average Bonchev–Trinajstić information content (AvgIpc) is 1.63. The van der Waals surface area contributed by atoms with Gasteiger partial charge in [0.1, 0.15) is 6.42 Å². The van der Waals surface area contributed by atoms with Gasteiger partial charge in [-0.25, -0.2) is 4.79 Å². The van der Waals surface area contributed by atoms with E-state index in [4.69, 9.17) is 10.2 Å². The number of carboxylic acids is 2. The number of rotatable bonds is 3. The Morgan fingerprint density at radius 1 is 1.11 bits per heavy atom. The zero-order chi connectivity index (χ0) is 7.44. The van der Waals surface area contributed by atoms with Gasteiger partial charge in [-0.2, -0.15) is 0 Å². The van der Waals surface area contributed by atoms with Gasteiger partial charge in [0.2, 0.25) is 0 Å². The molecule has 0 spiro atoms. The van der Waals surface area contributed by atoms with Crippen LogP contribution in [0.5, 0.6) is 0 Å². The van der Waals surface area contributed by atoms with Crippen LogP contribution in [0.25, 0.3) is 0 Å². The average molecular weight is 136 g/mol. The van der Waals surface area contributed by atoms with Crippen LogP contribution in [0, 0.1) is 0 Å². The zero-order valence-electron chi connectivity index (χ0n) is 4.33. The number of carbonyl (C=O) groups is 3. The summed E-state index contributed by atoms with van der Waals surface area (Å²) in [6, 6.07) is 0. The SMILES string of the molecule is O=[13C](O)[13CH2][13C](=O)[13C](=O)O. The Morgan fingerprint density at radius 3 is 1.67 bits per heavy atom. The third-order valence-corrected chi connectivity index (χ3v) is 0.550. The molecule has 0 aromatic heterocycles. The van der Waals surface area contributed by atoms with Gasteiger partial charge in [0.05, 0.1) is 0 Å². The predicted octanol–water partition coefficient (Wildman–Crippen LogP) is -0.885. The summed E-state index contributed by atoms with van der Waals surface area (Å²) in [7, 11) is 0. The van der Waals surface area contributed by atoms with Crippen LogP contribution in [0.3, 0.4) is 0 Å². The van der Waals surface area contributed by atoms with E-state index in [9.17, 15) is 14.4 Å². The Balaban J connectivity index is 3.79. The molecule has 0 fully saturated rings. The van der Waals surface area contributed by atoms with E-state index in [0.29, 0.717) is 0 Å². The molecule has 0 rings (SSSR count). The minimum Gasteiger partial charge on any atom is -0.481 e. The van der Waals surface area contributed by atoms with Gasteiger partial charge in [-0.3, -0.25) is 9.59 Å². The Morgan fingerprint density at radius 2 is 1.56 bits per heavy atom. The second kappa shape index (κ2) is 2.81. The monoisotopic (exact) mass is 136 g/mol. The Labute approximate surface area is 49.9 Å². The lowest BCUT2D eigenvalue weighted by molar-refractivity contribution is -0.152. The minimum absolute atomic E-state index is 0.949. The van der Waals surface area contributed by atoms with Crippen LogP contribution in [0.4, 0.5) is 0 Å². The third-order valence-electron chi connectivity index (χ3n) is 0.550. The quantitative estimate of drug-likeness (QED) is 0.298. The van der Waals surface area contributed by atoms with Crippen molar-refractivity contribution in [1.29, 1.82) is 0 Å². The Kier molecular flexibility index (Phi) is 2.37. The maximum Gasteiger partial charge on any atom is 0.372 e. The van der Waals surface area contributed by atoms with E-state index in [0.717, 1.165) is 0 Å². The fourth-order valence-corrected chi connectivity index (χ4v) is 0.213. The number of Topliss-reactive ketones (excluding diaryl/α,β-unsaturated/α-hetero) is 1. The largest absolute Gasteiger partial charge is 0.481 e. The lowest BCUT2D eigenvalue weighted by Crippen LogP contribution is -2.16. The Bertz CT molecular complexity index is 158. The third kappa shape index (κ3) is 3.22. The van der Waals surface area contributed by atoms with E-state index in [1.807, 2.05) is 0 Å². The van der Waals surface area contributed by atoms with Gasteiger partial charge in [-0.15, -0.1) is 0 Å². The van der Waals surface area contributed by atoms with Crippen LogP contribution < -0.4 is 0 Å². The normalized spacial score (nSPS) is 8.44. The van der Waals surface area contributed by atoms with Crippen molar-refractivity contribution in [3.05, 3.63) is 0 Å². The molecule has 0 amide bonds. The van der Waals surface area contributed by atoms with Crippen molar-refractivity contribution in [2.75, 3.05) is 0 Å². The summed E-state index contributed by atoms with van der Waals surface area (Å²) in [4.78, 5) is 29.2. The van der Waals surface area contributed by atoms with Gasteiger partial charge >= 0.3 is 11.9 Å². The number of carboxylic acid groups (broad SMARTS) is 2. The molecule has 0 aliphatic carbocycles. The van der Waals surface area contributed by atoms with Crippen LogP contribution in [0.15, 0.2) is 0 Å². The Hall–Kier alpha value is -1.39. The van der Waals surface area contributed by atoms with Crippen LogP contribution >= 0.6 is 0 Å². The molecule has 0 atom stereocenters. The summed E-state index contributed by atoms with van der Waals surface area (Å²) in [6.45, 7) is 0. The first-order chi connectivity index (χ1) is 4.04. The van der Waals surface area contributed by atoms with Gasteiger partial charge in [-0.05, 0) is 0 Å². The van der Waals surface area contributed by atoms with Crippen molar-refractivity contribution in [1.82, 2.24) is 0 Å². The molecular weight excluding hydrogens is 132 g/mol. The molecule has 9 heavy (non-hydrogen) atoms. The molecule has 50 valence electrons. The van der Waals surface area contributed by atoms with Gasteiger partial charge in [0, 0.05) is 0 Å². The molecule has 0 saturated heterocycles. The maximum absolute atomic E-state index is 9.97. The topological polar surface area (TPSA) is 91.7 Å². The highest BCUT2D eigenvalue weighted by Crippen LogP contribution is 1.81. The predicted molar refractivity (Wildman–Crippen MR) is 24.9 cm³/mol. The molecule has 0 unspecified atom stereocenters. The first kappa shape index (κ1) is 7.61. The van der Waals surface area contributed by atoms with Crippen molar-refractivity contribution >= 4 is 17.7 Å². The molecule has 5 heteroatoms. The fourth-order valence-electron chi connectivity index (χ4n) is 0.213. The molecule has 5 nitrogen and oxygen atoms in total. The van der Waals surface area contributed by atoms with Crippen LogP contribution in [-0.2, 0) is 14.4 Å². The summed E-state index contributed by atoms with van der Waals surface area (Å²) >= 11 is 0. The first-order valence-electron chi connectivity index (χ1n) is 2.02.